The maximum absolute atomic E-state index is 9.09. The lowest BCUT2D eigenvalue weighted by Gasteiger charge is -2.06. The van der Waals surface area contributed by atoms with Crippen LogP contribution in [0.15, 0.2) is 30.3 Å². The minimum Gasteiger partial charge on any atom is -0.369 e. The lowest BCUT2D eigenvalue weighted by molar-refractivity contribution is 1.08. The van der Waals surface area contributed by atoms with Gasteiger partial charge in [0, 0.05) is 18.4 Å². The summed E-state index contributed by atoms with van der Waals surface area (Å²) in [6.45, 7) is 0.659. The van der Waals surface area contributed by atoms with Crippen LogP contribution >= 0.6 is 0 Å². The van der Waals surface area contributed by atoms with Gasteiger partial charge in [-0.2, -0.15) is 5.26 Å². The van der Waals surface area contributed by atoms with Crippen molar-refractivity contribution in [3.8, 4) is 18.4 Å². The van der Waals surface area contributed by atoms with Crippen LogP contribution in [-0.2, 0) is 0 Å². The van der Waals surface area contributed by atoms with Gasteiger partial charge in [0.25, 0.3) is 0 Å². The highest BCUT2D eigenvalue weighted by atomic mass is 15.0. The molecule has 0 fully saturated rings. The summed E-state index contributed by atoms with van der Waals surface area (Å²) in [4.78, 5) is 4.42. The second-order valence-corrected chi connectivity index (χ2v) is 3.56. The van der Waals surface area contributed by atoms with E-state index in [0.29, 0.717) is 24.3 Å². The van der Waals surface area contributed by atoms with Crippen LogP contribution in [-0.4, -0.2) is 11.5 Å². The molecule has 0 bridgehead atoms. The van der Waals surface area contributed by atoms with E-state index in [1.807, 2.05) is 24.3 Å². The molecule has 0 unspecified atom stereocenters. The molecule has 1 aromatic heterocycles. The van der Waals surface area contributed by atoms with Gasteiger partial charge in [-0.25, -0.2) is 4.98 Å². The molecule has 0 radical (unpaired) electrons. The molecule has 1 aromatic carbocycles. The van der Waals surface area contributed by atoms with E-state index in [1.54, 1.807) is 6.07 Å². The van der Waals surface area contributed by atoms with E-state index in [2.05, 4.69) is 22.3 Å². The van der Waals surface area contributed by atoms with Gasteiger partial charge in [-0.15, -0.1) is 12.3 Å². The molecule has 3 heteroatoms. The van der Waals surface area contributed by atoms with E-state index in [0.717, 1.165) is 10.9 Å². The number of benzene rings is 1. The molecule has 1 heterocycles. The number of nitrogens with zero attached hydrogens (tertiary/aromatic N) is 2. The van der Waals surface area contributed by atoms with Crippen LogP contribution in [0.5, 0.6) is 0 Å². The van der Waals surface area contributed by atoms with Crippen molar-refractivity contribution in [2.24, 2.45) is 0 Å². The van der Waals surface area contributed by atoms with Gasteiger partial charge >= 0.3 is 0 Å². The molecule has 82 valence electrons. The van der Waals surface area contributed by atoms with Gasteiger partial charge in [0.15, 0.2) is 0 Å². The number of nitriles is 1. The number of anilines is 1. The van der Waals surface area contributed by atoms with E-state index in [4.69, 9.17) is 11.7 Å². The molecular formula is C14H11N3. The maximum Gasteiger partial charge on any atom is 0.128 e. The van der Waals surface area contributed by atoms with Crippen molar-refractivity contribution in [3.63, 3.8) is 0 Å². The summed E-state index contributed by atoms with van der Waals surface area (Å²) >= 11 is 0. The molecule has 2 aromatic rings. The molecule has 0 saturated carbocycles. The molecular weight excluding hydrogens is 210 g/mol. The van der Waals surface area contributed by atoms with Crippen molar-refractivity contribution in [1.82, 2.24) is 4.98 Å². The van der Waals surface area contributed by atoms with Gasteiger partial charge in [0.1, 0.15) is 5.82 Å². The first-order chi connectivity index (χ1) is 8.35. The number of para-hydroxylation sites is 1. The zero-order valence-corrected chi connectivity index (χ0v) is 9.27. The highest BCUT2D eigenvalue weighted by molar-refractivity contribution is 5.86. The molecule has 0 saturated heterocycles. The number of fused-ring (bicyclic) bond motifs is 1. The third-order valence-electron chi connectivity index (χ3n) is 2.41. The second kappa shape index (κ2) is 5.01. The first-order valence-corrected chi connectivity index (χ1v) is 5.32. The molecule has 0 aliphatic rings. The third kappa shape index (κ3) is 2.35. The Morgan fingerprint density at radius 3 is 2.94 bits per heavy atom. The highest BCUT2D eigenvalue weighted by Gasteiger charge is 2.04. The van der Waals surface area contributed by atoms with Crippen LogP contribution in [0, 0.1) is 23.7 Å². The van der Waals surface area contributed by atoms with Gasteiger partial charge in [-0.05, 0) is 12.1 Å². The van der Waals surface area contributed by atoms with Crippen LogP contribution in [0.4, 0.5) is 5.82 Å². The summed E-state index contributed by atoms with van der Waals surface area (Å²) < 4.78 is 0. The molecule has 2 rings (SSSR count). The topological polar surface area (TPSA) is 48.7 Å². The fourth-order valence-electron chi connectivity index (χ4n) is 1.62. The lowest BCUT2D eigenvalue weighted by atomic mass is 10.1. The van der Waals surface area contributed by atoms with Crippen LogP contribution in [0.2, 0.25) is 0 Å². The standard InChI is InChI=1S/C14H11N3/c1-2-3-8-16-14-9-11(10-15)12-6-4-5-7-13(12)17-14/h1,4-7,9H,3,8H2,(H,16,17). The Balaban J connectivity index is 2.40. The summed E-state index contributed by atoms with van der Waals surface area (Å²) in [7, 11) is 0. The maximum atomic E-state index is 9.09. The van der Waals surface area contributed by atoms with Crippen LogP contribution in [0.1, 0.15) is 12.0 Å². The first kappa shape index (κ1) is 11.0. The Morgan fingerprint density at radius 2 is 2.18 bits per heavy atom. The van der Waals surface area contributed by atoms with Crippen molar-refractivity contribution < 1.29 is 0 Å². The van der Waals surface area contributed by atoms with E-state index in [1.165, 1.54) is 0 Å². The van der Waals surface area contributed by atoms with Crippen molar-refractivity contribution in [2.75, 3.05) is 11.9 Å². The van der Waals surface area contributed by atoms with E-state index in [-0.39, 0.29) is 0 Å². The Bertz CT molecular complexity index is 617. The Labute approximate surface area is 100 Å². The molecule has 0 spiro atoms. The number of rotatable bonds is 3. The molecule has 0 amide bonds. The zero-order chi connectivity index (χ0) is 12.1. The number of hydrogen-bond acceptors (Lipinski definition) is 3. The van der Waals surface area contributed by atoms with Crippen LogP contribution in [0.3, 0.4) is 0 Å². The van der Waals surface area contributed by atoms with Crippen molar-refractivity contribution in [2.45, 2.75) is 6.42 Å². The van der Waals surface area contributed by atoms with Gasteiger partial charge in [0.2, 0.25) is 0 Å². The second-order valence-electron chi connectivity index (χ2n) is 3.56. The lowest BCUT2D eigenvalue weighted by Crippen LogP contribution is -2.03. The largest absolute Gasteiger partial charge is 0.369 e. The van der Waals surface area contributed by atoms with E-state index < -0.39 is 0 Å². The summed E-state index contributed by atoms with van der Waals surface area (Å²) in [5.74, 6) is 3.24. The fraction of sp³-hybridized carbons (Fsp3) is 0.143. The van der Waals surface area contributed by atoms with Gasteiger partial charge in [-0.3, -0.25) is 0 Å². The van der Waals surface area contributed by atoms with Crippen LogP contribution < -0.4 is 5.32 Å². The predicted octanol–water partition coefficient (Wildman–Crippen LogP) is 2.54. The zero-order valence-electron chi connectivity index (χ0n) is 9.27. The third-order valence-corrected chi connectivity index (χ3v) is 2.41. The SMILES string of the molecule is C#CCCNc1cc(C#N)c2ccccc2n1. The van der Waals surface area contributed by atoms with Crippen molar-refractivity contribution >= 4 is 16.7 Å². The molecule has 0 atom stereocenters. The number of terminal acetylenes is 1. The smallest absolute Gasteiger partial charge is 0.128 e. The minimum absolute atomic E-state index is 0.624. The van der Waals surface area contributed by atoms with Gasteiger partial charge < -0.3 is 5.32 Å². The van der Waals surface area contributed by atoms with Crippen molar-refractivity contribution in [3.05, 3.63) is 35.9 Å². The summed E-state index contributed by atoms with van der Waals surface area (Å²) in [6.07, 6.45) is 5.81. The number of hydrogen-bond donors (Lipinski definition) is 1. The molecule has 0 aliphatic heterocycles. The molecule has 1 N–H and O–H groups in total. The minimum atomic E-state index is 0.624. The van der Waals surface area contributed by atoms with Crippen molar-refractivity contribution in [1.29, 1.82) is 5.26 Å². The van der Waals surface area contributed by atoms with E-state index in [9.17, 15) is 0 Å². The predicted molar refractivity (Wildman–Crippen MR) is 68.4 cm³/mol. The first-order valence-electron chi connectivity index (χ1n) is 5.32. The molecule has 3 nitrogen and oxygen atoms in total. The average Bonchev–Trinajstić information content (AvgIpc) is 2.38. The summed E-state index contributed by atoms with van der Waals surface area (Å²) in [5.41, 5.74) is 1.44. The quantitative estimate of drug-likeness (QED) is 0.640. The molecule has 0 aliphatic carbocycles. The Morgan fingerprint density at radius 1 is 1.35 bits per heavy atom. The Hall–Kier alpha value is -2.52. The number of nitrogens with one attached hydrogen (secondary N) is 1. The van der Waals surface area contributed by atoms with Crippen LogP contribution in [0.25, 0.3) is 10.9 Å². The fourth-order valence-corrected chi connectivity index (χ4v) is 1.62. The highest BCUT2D eigenvalue weighted by Crippen LogP contribution is 2.19. The number of pyridine rings is 1. The van der Waals surface area contributed by atoms with E-state index >= 15 is 0 Å². The summed E-state index contributed by atoms with van der Waals surface area (Å²) in [6, 6.07) is 11.5. The average molecular weight is 221 g/mol. The Kier molecular flexibility index (Phi) is 3.23. The monoisotopic (exact) mass is 221 g/mol. The number of aromatic nitrogens is 1. The van der Waals surface area contributed by atoms with Gasteiger partial charge in [-0.1, -0.05) is 18.2 Å². The summed E-state index contributed by atoms with van der Waals surface area (Å²) in [5, 5.41) is 13.1. The van der Waals surface area contributed by atoms with Gasteiger partial charge in [0.05, 0.1) is 17.1 Å². The normalized spacial score (nSPS) is 9.53. The molecule has 17 heavy (non-hydrogen) atoms.